The van der Waals surface area contributed by atoms with Crippen molar-refractivity contribution in [3.05, 3.63) is 41.1 Å². The van der Waals surface area contributed by atoms with Crippen LogP contribution in [0.25, 0.3) is 0 Å². The number of aliphatic hydroxyl groups excluding tert-OH is 1. The minimum Gasteiger partial charge on any atom is -0.496 e. The van der Waals surface area contributed by atoms with E-state index in [2.05, 4.69) is 4.99 Å². The first-order valence-electron chi connectivity index (χ1n) is 4.65. The van der Waals surface area contributed by atoms with E-state index >= 15 is 0 Å². The van der Waals surface area contributed by atoms with E-state index in [1.807, 2.05) is 24.3 Å². The summed E-state index contributed by atoms with van der Waals surface area (Å²) in [6, 6.07) is 5.80. The van der Waals surface area contributed by atoms with Crippen molar-refractivity contribution >= 4 is 29.3 Å². The number of benzene rings is 1. The molecule has 0 spiro atoms. The fourth-order valence-corrected chi connectivity index (χ4v) is 3.48. The van der Waals surface area contributed by atoms with E-state index in [1.54, 1.807) is 18.0 Å². The van der Waals surface area contributed by atoms with Crippen LogP contribution in [0.15, 0.2) is 40.4 Å². The van der Waals surface area contributed by atoms with E-state index in [0.717, 1.165) is 5.56 Å². The molecule has 2 unspecified atom stereocenters. The lowest BCUT2D eigenvalue weighted by molar-refractivity contribution is 0.513. The predicted octanol–water partition coefficient (Wildman–Crippen LogP) is 3.38. The lowest BCUT2D eigenvalue weighted by Gasteiger charge is -2.17. The van der Waals surface area contributed by atoms with E-state index in [9.17, 15) is 5.11 Å². The van der Waals surface area contributed by atoms with Crippen molar-refractivity contribution < 1.29 is 5.11 Å². The van der Waals surface area contributed by atoms with Crippen molar-refractivity contribution in [1.82, 2.24) is 0 Å². The Balaban J connectivity index is 2.14. The molecule has 2 aliphatic rings. The zero-order chi connectivity index (χ0) is 10.4. The van der Waals surface area contributed by atoms with E-state index in [-0.39, 0.29) is 17.1 Å². The fraction of sp³-hybridized carbons (Fsp3) is 0.182. The molecule has 2 heterocycles. The summed E-state index contributed by atoms with van der Waals surface area (Å²) >= 11 is 7.70. The first-order chi connectivity index (χ1) is 7.25. The maximum absolute atomic E-state index is 9.76. The summed E-state index contributed by atoms with van der Waals surface area (Å²) in [5.74, 6) is 0.171. The number of aliphatic imine (C=N–C) groups is 1. The summed E-state index contributed by atoms with van der Waals surface area (Å²) in [7, 11) is 0. The quantitative estimate of drug-likeness (QED) is 0.750. The van der Waals surface area contributed by atoms with Crippen LogP contribution in [0.2, 0.25) is 5.02 Å². The first kappa shape index (κ1) is 9.31. The smallest absolute Gasteiger partial charge is 0.194 e. The molecule has 2 aliphatic heterocycles. The minimum atomic E-state index is -0.0197. The van der Waals surface area contributed by atoms with Crippen LogP contribution in [-0.4, -0.2) is 16.3 Å². The van der Waals surface area contributed by atoms with Gasteiger partial charge in [0.05, 0.1) is 5.92 Å². The molecule has 0 aliphatic carbocycles. The highest BCUT2D eigenvalue weighted by Crippen LogP contribution is 2.48. The Morgan fingerprint density at radius 3 is 3.13 bits per heavy atom. The molecule has 0 fully saturated rings. The Kier molecular flexibility index (Phi) is 2.04. The van der Waals surface area contributed by atoms with Gasteiger partial charge in [0.25, 0.3) is 0 Å². The van der Waals surface area contributed by atoms with E-state index < -0.39 is 0 Å². The van der Waals surface area contributed by atoms with Crippen LogP contribution < -0.4 is 0 Å². The van der Waals surface area contributed by atoms with Crippen LogP contribution in [0.4, 0.5) is 0 Å². The van der Waals surface area contributed by atoms with Crippen molar-refractivity contribution in [2.75, 3.05) is 0 Å². The molecule has 76 valence electrons. The van der Waals surface area contributed by atoms with Crippen molar-refractivity contribution in [3.63, 3.8) is 0 Å². The van der Waals surface area contributed by atoms with Gasteiger partial charge in [-0.15, -0.1) is 11.8 Å². The molecule has 2 nitrogen and oxygen atoms in total. The number of hydrogen-bond donors (Lipinski definition) is 1. The van der Waals surface area contributed by atoms with Crippen LogP contribution >= 0.6 is 23.4 Å². The first-order valence-corrected chi connectivity index (χ1v) is 5.91. The van der Waals surface area contributed by atoms with Crippen LogP contribution in [-0.2, 0) is 0 Å². The third-order valence-electron chi connectivity index (χ3n) is 2.66. The summed E-state index contributed by atoms with van der Waals surface area (Å²) < 4.78 is 0. The third-order valence-corrected chi connectivity index (χ3v) is 4.22. The van der Waals surface area contributed by atoms with Crippen molar-refractivity contribution in [2.24, 2.45) is 4.99 Å². The van der Waals surface area contributed by atoms with Gasteiger partial charge in [0.1, 0.15) is 0 Å². The summed E-state index contributed by atoms with van der Waals surface area (Å²) in [5, 5.41) is 10.7. The SMILES string of the molecule is OC1=NC=CC2Sc3ccc(Cl)cc3C12. The third kappa shape index (κ3) is 1.38. The molecule has 3 rings (SSSR count). The summed E-state index contributed by atoms with van der Waals surface area (Å²) in [6.45, 7) is 0. The van der Waals surface area contributed by atoms with Gasteiger partial charge in [-0.1, -0.05) is 17.7 Å². The Labute approximate surface area is 96.7 Å². The van der Waals surface area contributed by atoms with Gasteiger partial charge in [0.2, 0.25) is 0 Å². The summed E-state index contributed by atoms with van der Waals surface area (Å²) in [5.41, 5.74) is 1.09. The van der Waals surface area contributed by atoms with Gasteiger partial charge in [-0.3, -0.25) is 0 Å². The van der Waals surface area contributed by atoms with Crippen LogP contribution in [0.3, 0.4) is 0 Å². The van der Waals surface area contributed by atoms with Crippen LogP contribution in [0.1, 0.15) is 11.5 Å². The Hall–Kier alpha value is -0.930. The van der Waals surface area contributed by atoms with Crippen LogP contribution in [0.5, 0.6) is 0 Å². The molecule has 0 amide bonds. The summed E-state index contributed by atoms with van der Waals surface area (Å²) in [4.78, 5) is 5.12. The fourth-order valence-electron chi connectivity index (χ4n) is 1.98. The Morgan fingerprint density at radius 1 is 1.40 bits per heavy atom. The molecule has 0 saturated heterocycles. The lowest BCUT2D eigenvalue weighted by Crippen LogP contribution is -2.20. The maximum Gasteiger partial charge on any atom is 0.194 e. The lowest BCUT2D eigenvalue weighted by atomic mass is 9.94. The van der Waals surface area contributed by atoms with Crippen LogP contribution in [0, 0.1) is 0 Å². The molecule has 2 atom stereocenters. The molecular formula is C11H8ClNOS. The molecular weight excluding hydrogens is 230 g/mol. The van der Waals surface area contributed by atoms with Gasteiger partial charge in [-0.2, -0.15) is 0 Å². The monoisotopic (exact) mass is 237 g/mol. The molecule has 0 radical (unpaired) electrons. The van der Waals surface area contributed by atoms with E-state index in [0.29, 0.717) is 5.02 Å². The highest BCUT2D eigenvalue weighted by atomic mass is 35.5. The molecule has 0 bridgehead atoms. The highest BCUT2D eigenvalue weighted by molar-refractivity contribution is 8.00. The predicted molar refractivity (Wildman–Crippen MR) is 63.0 cm³/mol. The topological polar surface area (TPSA) is 32.6 Å². The molecule has 4 heteroatoms. The minimum absolute atomic E-state index is 0.0197. The standard InChI is InChI=1S/C11H8ClNOS/c12-6-1-2-8-7(5-6)10-9(15-8)3-4-13-11(10)14/h1-5,9-10H,(H,13,14). The van der Waals surface area contributed by atoms with Gasteiger partial charge in [0, 0.05) is 21.4 Å². The second-order valence-electron chi connectivity index (χ2n) is 3.57. The Bertz CT molecular complexity index is 483. The van der Waals surface area contributed by atoms with Gasteiger partial charge in [-0.05, 0) is 23.8 Å². The van der Waals surface area contributed by atoms with Gasteiger partial charge in [0.15, 0.2) is 5.90 Å². The zero-order valence-electron chi connectivity index (χ0n) is 7.72. The normalized spacial score (nSPS) is 27.1. The second-order valence-corrected chi connectivity index (χ2v) is 5.23. The Morgan fingerprint density at radius 2 is 2.27 bits per heavy atom. The molecule has 0 saturated carbocycles. The highest BCUT2D eigenvalue weighted by Gasteiger charge is 2.37. The molecule has 15 heavy (non-hydrogen) atoms. The maximum atomic E-state index is 9.76. The number of aliphatic hydroxyl groups is 1. The van der Waals surface area contributed by atoms with Gasteiger partial charge in [-0.25, -0.2) is 4.99 Å². The molecule has 1 aromatic rings. The second kappa shape index (κ2) is 3.29. The number of nitrogens with zero attached hydrogens (tertiary/aromatic N) is 1. The van der Waals surface area contributed by atoms with Crippen molar-refractivity contribution in [1.29, 1.82) is 0 Å². The van der Waals surface area contributed by atoms with Crippen molar-refractivity contribution in [3.8, 4) is 0 Å². The average molecular weight is 238 g/mol. The number of hydrogen-bond acceptors (Lipinski definition) is 2. The van der Waals surface area contributed by atoms with Gasteiger partial charge < -0.3 is 5.11 Å². The zero-order valence-corrected chi connectivity index (χ0v) is 9.29. The molecule has 1 aromatic carbocycles. The molecule has 1 N–H and O–H groups in total. The number of fused-ring (bicyclic) bond motifs is 3. The van der Waals surface area contributed by atoms with E-state index in [1.165, 1.54) is 4.90 Å². The molecule has 0 aromatic heterocycles. The van der Waals surface area contributed by atoms with E-state index in [4.69, 9.17) is 11.6 Å². The largest absolute Gasteiger partial charge is 0.496 e. The summed E-state index contributed by atoms with van der Waals surface area (Å²) in [6.07, 6.45) is 3.68. The number of thioether (sulfide) groups is 1. The average Bonchev–Trinajstić information content (AvgIpc) is 2.57. The van der Waals surface area contributed by atoms with Gasteiger partial charge >= 0.3 is 0 Å². The number of halogens is 1. The number of rotatable bonds is 0. The van der Waals surface area contributed by atoms with Crippen molar-refractivity contribution in [2.45, 2.75) is 16.1 Å².